The van der Waals surface area contributed by atoms with E-state index in [1.807, 2.05) is 25.3 Å². The molecule has 2 aromatic carbocycles. The SMILES string of the molecule is CCC1(C)c2ccccc2N(C)C12C=Cc1cc([N+](=O)[O-])ccc1O2. The predicted octanol–water partition coefficient (Wildman–Crippen LogP) is 4.51. The van der Waals surface area contributed by atoms with E-state index in [1.165, 1.54) is 11.6 Å². The lowest BCUT2D eigenvalue weighted by molar-refractivity contribution is -0.384. The van der Waals surface area contributed by atoms with Crippen molar-refractivity contribution >= 4 is 17.5 Å². The van der Waals surface area contributed by atoms with E-state index >= 15 is 0 Å². The van der Waals surface area contributed by atoms with Crippen molar-refractivity contribution in [2.24, 2.45) is 0 Å². The van der Waals surface area contributed by atoms with Crippen LogP contribution in [-0.4, -0.2) is 17.7 Å². The van der Waals surface area contributed by atoms with Crippen molar-refractivity contribution in [1.29, 1.82) is 0 Å². The number of hydrogen-bond donors (Lipinski definition) is 0. The van der Waals surface area contributed by atoms with Crippen molar-refractivity contribution in [2.45, 2.75) is 31.4 Å². The molecule has 0 radical (unpaired) electrons. The van der Waals surface area contributed by atoms with Gasteiger partial charge >= 0.3 is 0 Å². The summed E-state index contributed by atoms with van der Waals surface area (Å²) in [5.74, 6) is 0.674. The highest BCUT2D eigenvalue weighted by Crippen LogP contribution is 2.55. The van der Waals surface area contributed by atoms with Gasteiger partial charge in [0.25, 0.3) is 5.69 Å². The molecule has 0 aliphatic carbocycles. The molecule has 0 bridgehead atoms. The van der Waals surface area contributed by atoms with E-state index in [4.69, 9.17) is 4.74 Å². The van der Waals surface area contributed by atoms with Gasteiger partial charge in [-0.1, -0.05) is 25.1 Å². The van der Waals surface area contributed by atoms with Crippen molar-refractivity contribution in [1.82, 2.24) is 0 Å². The molecule has 5 nitrogen and oxygen atoms in total. The van der Waals surface area contributed by atoms with Crippen LogP contribution in [-0.2, 0) is 5.41 Å². The molecule has 2 aliphatic rings. The Kier molecular flexibility index (Phi) is 3.19. The van der Waals surface area contributed by atoms with Crippen LogP contribution in [0.3, 0.4) is 0 Å². The number of fused-ring (bicyclic) bond motifs is 2. The molecule has 2 aliphatic heterocycles. The number of nitrogens with zero attached hydrogens (tertiary/aromatic N) is 2. The fourth-order valence-corrected chi connectivity index (χ4v) is 4.17. The molecule has 0 saturated carbocycles. The summed E-state index contributed by atoms with van der Waals surface area (Å²) in [6.07, 6.45) is 4.89. The molecule has 0 saturated heterocycles. The van der Waals surface area contributed by atoms with Gasteiger partial charge in [-0.2, -0.15) is 0 Å². The van der Waals surface area contributed by atoms with E-state index in [9.17, 15) is 10.1 Å². The molecule has 4 rings (SSSR count). The van der Waals surface area contributed by atoms with Gasteiger partial charge in [-0.3, -0.25) is 10.1 Å². The first kappa shape index (κ1) is 15.7. The zero-order chi connectivity index (χ0) is 17.8. The monoisotopic (exact) mass is 336 g/mol. The fourth-order valence-electron chi connectivity index (χ4n) is 4.17. The van der Waals surface area contributed by atoms with Crippen LogP contribution in [0.15, 0.2) is 48.5 Å². The standard InChI is InChI=1S/C20H20N2O3/c1-4-19(2)16-7-5-6-8-17(16)21(3)20(19)12-11-14-13-15(22(23)24)9-10-18(14)25-20/h5-13H,4H2,1-3H3. The molecule has 128 valence electrons. The first-order valence-corrected chi connectivity index (χ1v) is 8.43. The minimum absolute atomic E-state index is 0.0734. The Morgan fingerprint density at radius 3 is 2.72 bits per heavy atom. The van der Waals surface area contributed by atoms with Crippen molar-refractivity contribution in [3.8, 4) is 5.75 Å². The van der Waals surface area contributed by atoms with E-state index in [2.05, 4.69) is 36.9 Å². The molecule has 1 spiro atoms. The van der Waals surface area contributed by atoms with Gasteiger partial charge in [0.1, 0.15) is 5.75 Å². The Labute approximate surface area is 146 Å². The topological polar surface area (TPSA) is 55.6 Å². The number of non-ortho nitro benzene ring substituents is 1. The minimum atomic E-state index is -0.644. The maximum atomic E-state index is 11.0. The van der Waals surface area contributed by atoms with Crippen LogP contribution in [0, 0.1) is 10.1 Å². The Hall–Kier alpha value is -2.82. The van der Waals surface area contributed by atoms with E-state index in [0.717, 1.165) is 17.7 Å². The predicted molar refractivity (Wildman–Crippen MR) is 98.0 cm³/mol. The maximum absolute atomic E-state index is 11.0. The Morgan fingerprint density at radius 1 is 1.24 bits per heavy atom. The number of para-hydroxylation sites is 1. The molecule has 0 amide bonds. The summed E-state index contributed by atoms with van der Waals surface area (Å²) >= 11 is 0. The van der Waals surface area contributed by atoms with Gasteiger partial charge in [-0.15, -0.1) is 0 Å². The van der Waals surface area contributed by atoms with Gasteiger partial charge in [0.15, 0.2) is 0 Å². The number of nitro benzene ring substituents is 1. The maximum Gasteiger partial charge on any atom is 0.270 e. The van der Waals surface area contributed by atoms with Gasteiger partial charge in [-0.05, 0) is 43.2 Å². The van der Waals surface area contributed by atoms with Crippen LogP contribution in [0.25, 0.3) is 6.08 Å². The molecule has 0 aromatic heterocycles. The number of anilines is 1. The van der Waals surface area contributed by atoms with Crippen molar-refractivity contribution in [3.63, 3.8) is 0 Å². The van der Waals surface area contributed by atoms with Crippen molar-refractivity contribution in [3.05, 3.63) is 69.8 Å². The van der Waals surface area contributed by atoms with Crippen LogP contribution in [0.2, 0.25) is 0 Å². The smallest absolute Gasteiger partial charge is 0.270 e. The molecule has 2 unspecified atom stereocenters. The average Bonchev–Trinajstić information content (AvgIpc) is 2.81. The largest absolute Gasteiger partial charge is 0.463 e. The zero-order valence-electron chi connectivity index (χ0n) is 14.5. The summed E-state index contributed by atoms with van der Waals surface area (Å²) in [7, 11) is 2.04. The van der Waals surface area contributed by atoms with Crippen LogP contribution in [0.4, 0.5) is 11.4 Å². The Balaban J connectivity index is 1.86. The first-order valence-electron chi connectivity index (χ1n) is 8.43. The lowest BCUT2D eigenvalue weighted by Gasteiger charge is -2.47. The summed E-state index contributed by atoms with van der Waals surface area (Å²) in [6, 6.07) is 13.1. The lowest BCUT2D eigenvalue weighted by atomic mass is 9.72. The summed E-state index contributed by atoms with van der Waals surface area (Å²) in [6.45, 7) is 4.39. The molecule has 2 heterocycles. The van der Waals surface area contributed by atoms with E-state index in [1.54, 1.807) is 12.1 Å². The fraction of sp³-hybridized carbons (Fsp3) is 0.300. The summed E-state index contributed by atoms with van der Waals surface area (Å²) in [5.41, 5.74) is 2.35. The molecular weight excluding hydrogens is 316 g/mol. The second kappa shape index (κ2) is 5.09. The number of likely N-dealkylation sites (N-methyl/N-ethyl adjacent to an activating group) is 1. The van der Waals surface area contributed by atoms with Gasteiger partial charge in [0.05, 0.1) is 10.3 Å². The molecule has 25 heavy (non-hydrogen) atoms. The molecule has 2 atom stereocenters. The van der Waals surface area contributed by atoms with Gasteiger partial charge in [0.2, 0.25) is 5.72 Å². The molecule has 0 fully saturated rings. The molecule has 5 heteroatoms. The summed E-state index contributed by atoms with van der Waals surface area (Å²) < 4.78 is 6.53. The molecular formula is C20H20N2O3. The minimum Gasteiger partial charge on any atom is -0.463 e. The third-order valence-electron chi connectivity index (χ3n) is 5.81. The second-order valence-corrected chi connectivity index (χ2v) is 6.87. The lowest BCUT2D eigenvalue weighted by Crippen LogP contribution is -2.59. The van der Waals surface area contributed by atoms with Gasteiger partial charge in [-0.25, -0.2) is 0 Å². The zero-order valence-corrected chi connectivity index (χ0v) is 14.5. The third kappa shape index (κ3) is 1.89. The van der Waals surface area contributed by atoms with E-state index in [-0.39, 0.29) is 16.0 Å². The number of nitro groups is 1. The summed E-state index contributed by atoms with van der Waals surface area (Å²) in [5, 5.41) is 11.0. The molecule has 2 aromatic rings. The van der Waals surface area contributed by atoms with E-state index in [0.29, 0.717) is 5.75 Å². The highest BCUT2D eigenvalue weighted by molar-refractivity contribution is 5.72. The van der Waals surface area contributed by atoms with Gasteiger partial charge < -0.3 is 9.64 Å². The second-order valence-electron chi connectivity index (χ2n) is 6.87. The number of rotatable bonds is 2. The van der Waals surface area contributed by atoms with Crippen LogP contribution in [0.5, 0.6) is 5.75 Å². The first-order chi connectivity index (χ1) is 11.9. The molecule has 0 N–H and O–H groups in total. The number of hydrogen-bond acceptors (Lipinski definition) is 4. The number of ether oxygens (including phenoxy) is 1. The van der Waals surface area contributed by atoms with Gasteiger partial charge in [0, 0.05) is 30.4 Å². The van der Waals surface area contributed by atoms with Crippen LogP contribution >= 0.6 is 0 Å². The quantitative estimate of drug-likeness (QED) is 0.598. The highest BCUT2D eigenvalue weighted by Gasteiger charge is 2.59. The normalized spacial score (nSPS) is 26.3. The number of benzene rings is 2. The third-order valence-corrected chi connectivity index (χ3v) is 5.81. The average molecular weight is 336 g/mol. The van der Waals surface area contributed by atoms with Crippen molar-refractivity contribution in [2.75, 3.05) is 11.9 Å². The highest BCUT2D eigenvalue weighted by atomic mass is 16.6. The Bertz CT molecular complexity index is 908. The van der Waals surface area contributed by atoms with E-state index < -0.39 is 5.72 Å². The van der Waals surface area contributed by atoms with Crippen molar-refractivity contribution < 1.29 is 9.66 Å². The Morgan fingerprint density at radius 2 is 2.00 bits per heavy atom. The summed E-state index contributed by atoms with van der Waals surface area (Å²) in [4.78, 5) is 12.8. The van der Waals surface area contributed by atoms with Crippen LogP contribution < -0.4 is 9.64 Å². The van der Waals surface area contributed by atoms with Crippen LogP contribution in [0.1, 0.15) is 31.4 Å².